The monoisotopic (exact) mass is 207 g/mol. The van der Waals surface area contributed by atoms with Crippen molar-refractivity contribution in [1.82, 2.24) is 0 Å². The van der Waals surface area contributed by atoms with E-state index in [9.17, 15) is 0 Å². The number of nitrogens with two attached hydrogens (primary N) is 1. The molecule has 0 amide bonds. The van der Waals surface area contributed by atoms with Gasteiger partial charge in [0.25, 0.3) is 0 Å². The molecule has 2 atom stereocenters. The van der Waals surface area contributed by atoms with E-state index in [4.69, 9.17) is 10.5 Å². The van der Waals surface area contributed by atoms with Crippen molar-refractivity contribution in [1.29, 1.82) is 0 Å². The molecular formula is C13H21NO. The van der Waals surface area contributed by atoms with Crippen molar-refractivity contribution in [2.75, 3.05) is 13.7 Å². The van der Waals surface area contributed by atoms with Crippen LogP contribution in [-0.2, 0) is 6.42 Å². The van der Waals surface area contributed by atoms with Gasteiger partial charge >= 0.3 is 0 Å². The first-order chi connectivity index (χ1) is 7.17. The predicted octanol–water partition coefficient (Wildman–Crippen LogP) is 2.47. The number of rotatable bonds is 5. The van der Waals surface area contributed by atoms with Crippen LogP contribution in [-0.4, -0.2) is 13.7 Å². The first-order valence-corrected chi connectivity index (χ1v) is 5.50. The van der Waals surface area contributed by atoms with Gasteiger partial charge in [0.15, 0.2) is 0 Å². The highest BCUT2D eigenvalue weighted by atomic mass is 16.5. The Kier molecular flexibility index (Phi) is 4.63. The minimum Gasteiger partial charge on any atom is -0.497 e. The average molecular weight is 207 g/mol. The third-order valence-corrected chi connectivity index (χ3v) is 3.04. The minimum atomic E-state index is 0.566. The van der Waals surface area contributed by atoms with Crippen LogP contribution in [0.2, 0.25) is 0 Å². The molecular weight excluding hydrogens is 186 g/mol. The molecule has 2 nitrogen and oxygen atoms in total. The SMILES string of the molecule is COc1cccc(CC(C)C(C)CN)c1. The van der Waals surface area contributed by atoms with Gasteiger partial charge in [-0.25, -0.2) is 0 Å². The van der Waals surface area contributed by atoms with Crippen molar-refractivity contribution in [3.63, 3.8) is 0 Å². The Labute approximate surface area is 92.4 Å². The molecule has 0 heterocycles. The second kappa shape index (κ2) is 5.76. The Morgan fingerprint density at radius 1 is 1.27 bits per heavy atom. The molecule has 15 heavy (non-hydrogen) atoms. The highest BCUT2D eigenvalue weighted by molar-refractivity contribution is 5.28. The zero-order valence-corrected chi connectivity index (χ0v) is 9.86. The first-order valence-electron chi connectivity index (χ1n) is 5.50. The van der Waals surface area contributed by atoms with Crippen LogP contribution in [0.25, 0.3) is 0 Å². The smallest absolute Gasteiger partial charge is 0.119 e. The fourth-order valence-corrected chi connectivity index (χ4v) is 1.60. The van der Waals surface area contributed by atoms with Crippen LogP contribution in [0.15, 0.2) is 24.3 Å². The minimum absolute atomic E-state index is 0.566. The zero-order valence-electron chi connectivity index (χ0n) is 9.86. The summed E-state index contributed by atoms with van der Waals surface area (Å²) in [5.74, 6) is 2.11. The summed E-state index contributed by atoms with van der Waals surface area (Å²) in [5.41, 5.74) is 6.98. The summed E-state index contributed by atoms with van der Waals surface area (Å²) in [5, 5.41) is 0. The summed E-state index contributed by atoms with van der Waals surface area (Å²) in [6.45, 7) is 5.20. The molecule has 0 aliphatic heterocycles. The lowest BCUT2D eigenvalue weighted by Crippen LogP contribution is -2.20. The molecule has 2 unspecified atom stereocenters. The lowest BCUT2D eigenvalue weighted by atomic mass is 9.90. The average Bonchev–Trinajstić information content (AvgIpc) is 2.28. The number of methoxy groups -OCH3 is 1. The quantitative estimate of drug-likeness (QED) is 0.805. The standard InChI is InChI=1S/C13H21NO/c1-10(11(2)9-14)7-12-5-4-6-13(8-12)15-3/h4-6,8,10-11H,7,9,14H2,1-3H3. The predicted molar refractivity (Wildman–Crippen MR) is 64.1 cm³/mol. The van der Waals surface area contributed by atoms with E-state index in [1.165, 1.54) is 5.56 Å². The van der Waals surface area contributed by atoms with Crippen molar-refractivity contribution >= 4 is 0 Å². The van der Waals surface area contributed by atoms with Gasteiger partial charge in [-0.2, -0.15) is 0 Å². The maximum absolute atomic E-state index is 5.66. The van der Waals surface area contributed by atoms with E-state index < -0.39 is 0 Å². The molecule has 0 aliphatic carbocycles. The van der Waals surface area contributed by atoms with Gasteiger partial charge in [0.2, 0.25) is 0 Å². The molecule has 2 N–H and O–H groups in total. The molecule has 0 spiro atoms. The van der Waals surface area contributed by atoms with Crippen LogP contribution in [0.5, 0.6) is 5.75 Å². The van der Waals surface area contributed by atoms with Crippen molar-refractivity contribution < 1.29 is 4.74 Å². The van der Waals surface area contributed by atoms with Crippen LogP contribution >= 0.6 is 0 Å². The molecule has 0 bridgehead atoms. The van der Waals surface area contributed by atoms with Crippen molar-refractivity contribution in [3.8, 4) is 5.75 Å². The van der Waals surface area contributed by atoms with Gasteiger partial charge in [0.05, 0.1) is 7.11 Å². The Balaban J connectivity index is 2.63. The van der Waals surface area contributed by atoms with Crippen molar-refractivity contribution in [2.45, 2.75) is 20.3 Å². The third kappa shape index (κ3) is 3.56. The molecule has 1 aromatic rings. The van der Waals surface area contributed by atoms with E-state index in [2.05, 4.69) is 26.0 Å². The summed E-state index contributed by atoms with van der Waals surface area (Å²) in [7, 11) is 1.70. The molecule has 84 valence electrons. The summed E-state index contributed by atoms with van der Waals surface area (Å²) in [4.78, 5) is 0. The molecule has 0 fully saturated rings. The number of hydrogen-bond donors (Lipinski definition) is 1. The fraction of sp³-hybridized carbons (Fsp3) is 0.538. The molecule has 1 rings (SSSR count). The highest BCUT2D eigenvalue weighted by Crippen LogP contribution is 2.19. The van der Waals surface area contributed by atoms with Gasteiger partial charge in [0, 0.05) is 0 Å². The number of benzene rings is 1. The van der Waals surface area contributed by atoms with Gasteiger partial charge < -0.3 is 10.5 Å². The van der Waals surface area contributed by atoms with Crippen LogP contribution < -0.4 is 10.5 Å². The van der Waals surface area contributed by atoms with Crippen LogP contribution in [0.1, 0.15) is 19.4 Å². The lowest BCUT2D eigenvalue weighted by Gasteiger charge is -2.18. The maximum atomic E-state index is 5.66. The van der Waals surface area contributed by atoms with E-state index in [0.29, 0.717) is 11.8 Å². The summed E-state index contributed by atoms with van der Waals surface area (Å²) >= 11 is 0. The van der Waals surface area contributed by atoms with Gasteiger partial charge in [-0.1, -0.05) is 26.0 Å². The maximum Gasteiger partial charge on any atom is 0.119 e. The number of hydrogen-bond acceptors (Lipinski definition) is 2. The van der Waals surface area contributed by atoms with Crippen molar-refractivity contribution in [2.24, 2.45) is 17.6 Å². The van der Waals surface area contributed by atoms with E-state index in [1.54, 1.807) is 7.11 Å². The van der Waals surface area contributed by atoms with Gasteiger partial charge in [-0.05, 0) is 42.5 Å². The van der Waals surface area contributed by atoms with E-state index in [0.717, 1.165) is 18.7 Å². The first kappa shape index (κ1) is 12.1. The Morgan fingerprint density at radius 3 is 2.60 bits per heavy atom. The van der Waals surface area contributed by atoms with Crippen LogP contribution in [0, 0.1) is 11.8 Å². The number of ether oxygens (including phenoxy) is 1. The molecule has 0 saturated carbocycles. The van der Waals surface area contributed by atoms with E-state index >= 15 is 0 Å². The molecule has 2 heteroatoms. The topological polar surface area (TPSA) is 35.2 Å². The molecule has 0 aromatic heterocycles. The Hall–Kier alpha value is -1.02. The fourth-order valence-electron chi connectivity index (χ4n) is 1.60. The van der Waals surface area contributed by atoms with Gasteiger partial charge in [-0.15, -0.1) is 0 Å². The summed E-state index contributed by atoms with van der Waals surface area (Å²) < 4.78 is 5.20. The Bertz CT molecular complexity index is 298. The summed E-state index contributed by atoms with van der Waals surface area (Å²) in [6, 6.07) is 8.25. The molecule has 0 radical (unpaired) electrons. The molecule has 1 aromatic carbocycles. The van der Waals surface area contributed by atoms with E-state index in [1.807, 2.05) is 12.1 Å². The second-order valence-corrected chi connectivity index (χ2v) is 4.25. The van der Waals surface area contributed by atoms with Crippen molar-refractivity contribution in [3.05, 3.63) is 29.8 Å². The lowest BCUT2D eigenvalue weighted by molar-refractivity contribution is 0.391. The molecule has 0 aliphatic rings. The second-order valence-electron chi connectivity index (χ2n) is 4.25. The van der Waals surface area contributed by atoms with Gasteiger partial charge in [0.1, 0.15) is 5.75 Å². The zero-order chi connectivity index (χ0) is 11.3. The summed E-state index contributed by atoms with van der Waals surface area (Å²) in [6.07, 6.45) is 1.07. The van der Waals surface area contributed by atoms with Crippen LogP contribution in [0.3, 0.4) is 0 Å². The highest BCUT2D eigenvalue weighted by Gasteiger charge is 2.11. The van der Waals surface area contributed by atoms with Gasteiger partial charge in [-0.3, -0.25) is 0 Å². The largest absolute Gasteiger partial charge is 0.497 e. The van der Waals surface area contributed by atoms with E-state index in [-0.39, 0.29) is 0 Å². The molecule has 0 saturated heterocycles. The van der Waals surface area contributed by atoms with Crippen LogP contribution in [0.4, 0.5) is 0 Å². The normalized spacial score (nSPS) is 14.7. The third-order valence-electron chi connectivity index (χ3n) is 3.04. The Morgan fingerprint density at radius 2 is 2.00 bits per heavy atom.